The van der Waals surface area contributed by atoms with Crippen molar-refractivity contribution in [2.75, 3.05) is 26.7 Å². The van der Waals surface area contributed by atoms with E-state index in [0.717, 1.165) is 13.1 Å². The normalized spacial score (nSPS) is 23.1. The van der Waals surface area contributed by atoms with Crippen molar-refractivity contribution in [3.8, 4) is 0 Å². The number of nitrogens with zero attached hydrogens (tertiary/aromatic N) is 2. The van der Waals surface area contributed by atoms with E-state index < -0.39 is 8.80 Å². The number of carbonyl (C=O) groups is 1. The van der Waals surface area contributed by atoms with Crippen LogP contribution in [0.4, 0.5) is 0 Å². The number of esters is 1. The molecule has 0 radical (unpaired) electrons. The van der Waals surface area contributed by atoms with Crippen molar-refractivity contribution in [1.29, 1.82) is 0 Å². The summed E-state index contributed by atoms with van der Waals surface area (Å²) in [6.45, 7) is 19.3. The Morgan fingerprint density at radius 2 is 1.86 bits per heavy atom. The quantitative estimate of drug-likeness (QED) is 0.554. The van der Waals surface area contributed by atoms with Gasteiger partial charge in [0.05, 0.1) is 21.8 Å². The summed E-state index contributed by atoms with van der Waals surface area (Å²) in [7, 11) is 0.576. The molecule has 0 N–H and O–H groups in total. The van der Waals surface area contributed by atoms with Crippen LogP contribution in [0.15, 0.2) is 0 Å². The summed E-state index contributed by atoms with van der Waals surface area (Å²) in [4.78, 5) is 17.1. The largest absolute Gasteiger partial charge is 0.469 e. The molecule has 22 heavy (non-hydrogen) atoms. The molecule has 130 valence electrons. The van der Waals surface area contributed by atoms with Gasteiger partial charge < -0.3 is 4.74 Å². The maximum Gasteiger partial charge on any atom is 0.309 e. The summed E-state index contributed by atoms with van der Waals surface area (Å²) in [5, 5.41) is 0. The fourth-order valence-electron chi connectivity index (χ4n) is 3.47. The molecule has 0 aromatic heterocycles. The van der Waals surface area contributed by atoms with Gasteiger partial charge in [0.1, 0.15) is 0 Å². The Morgan fingerprint density at radius 1 is 1.27 bits per heavy atom. The summed E-state index contributed by atoms with van der Waals surface area (Å²) >= 11 is 0. The summed E-state index contributed by atoms with van der Waals surface area (Å²) in [5.74, 6) is 0.991. The minimum absolute atomic E-state index is 0.0534. The molecule has 1 saturated heterocycles. The highest BCUT2D eigenvalue weighted by Gasteiger charge is 2.41. The molecule has 1 aliphatic rings. The molecule has 4 nitrogen and oxygen atoms in total. The molecular weight excluding hydrogens is 292 g/mol. The van der Waals surface area contributed by atoms with Gasteiger partial charge in [-0.1, -0.05) is 33.9 Å². The molecule has 1 heterocycles. The SMILES string of the molecule is COC(=O)C(C)CN1CCCN(C(C)(C)C(C)C)C1[SiH](C)C. The third-order valence-electron chi connectivity index (χ3n) is 5.40. The van der Waals surface area contributed by atoms with Crippen molar-refractivity contribution in [2.24, 2.45) is 11.8 Å². The highest BCUT2D eigenvalue weighted by molar-refractivity contribution is 6.57. The third-order valence-corrected chi connectivity index (χ3v) is 7.37. The van der Waals surface area contributed by atoms with Crippen molar-refractivity contribution in [1.82, 2.24) is 9.80 Å². The van der Waals surface area contributed by atoms with Crippen LogP contribution in [0, 0.1) is 11.8 Å². The van der Waals surface area contributed by atoms with E-state index in [9.17, 15) is 4.79 Å². The molecule has 1 aliphatic heterocycles. The van der Waals surface area contributed by atoms with Gasteiger partial charge in [0.2, 0.25) is 0 Å². The Hall–Kier alpha value is -0.393. The standard InChI is InChI=1S/C17H36N2O2Si/c1-13(2)17(4,5)19-11-9-10-18(16(19)22(7)8)12-14(3)15(20)21-6/h13-14,16,22H,9-12H2,1-8H3. The van der Waals surface area contributed by atoms with Gasteiger partial charge in [0, 0.05) is 31.0 Å². The van der Waals surface area contributed by atoms with Gasteiger partial charge in [-0.05, 0) is 26.2 Å². The first-order chi connectivity index (χ1) is 10.1. The minimum Gasteiger partial charge on any atom is -0.469 e. The van der Waals surface area contributed by atoms with Crippen LogP contribution in [0.3, 0.4) is 0 Å². The second kappa shape index (κ2) is 7.93. The summed E-state index contributed by atoms with van der Waals surface area (Å²) in [6, 6.07) is 0. The van der Waals surface area contributed by atoms with E-state index in [1.54, 1.807) is 0 Å². The van der Waals surface area contributed by atoms with Crippen molar-refractivity contribution in [3.05, 3.63) is 0 Å². The van der Waals surface area contributed by atoms with Crippen molar-refractivity contribution >= 4 is 14.8 Å². The second-order valence-corrected chi connectivity index (χ2v) is 11.0. The number of ether oxygens (including phenoxy) is 1. The van der Waals surface area contributed by atoms with E-state index in [0.29, 0.717) is 11.7 Å². The highest BCUT2D eigenvalue weighted by Crippen LogP contribution is 2.31. The fraction of sp³-hybridized carbons (Fsp3) is 0.941. The Kier molecular flexibility index (Phi) is 7.08. The lowest BCUT2D eigenvalue weighted by molar-refractivity contribution is -0.146. The van der Waals surface area contributed by atoms with Gasteiger partial charge in [-0.2, -0.15) is 0 Å². The number of methoxy groups -OCH3 is 1. The molecular formula is C17H36N2O2Si. The fourth-order valence-corrected chi connectivity index (χ4v) is 5.84. The van der Waals surface area contributed by atoms with Crippen LogP contribution in [0.1, 0.15) is 41.0 Å². The van der Waals surface area contributed by atoms with Crippen LogP contribution in [-0.2, 0) is 9.53 Å². The van der Waals surface area contributed by atoms with Crippen LogP contribution in [0.5, 0.6) is 0 Å². The lowest BCUT2D eigenvalue weighted by atomic mass is 9.88. The van der Waals surface area contributed by atoms with Gasteiger partial charge in [-0.3, -0.25) is 14.6 Å². The summed E-state index contributed by atoms with van der Waals surface area (Å²) in [5.41, 5.74) is 0.190. The Morgan fingerprint density at radius 3 is 2.32 bits per heavy atom. The van der Waals surface area contributed by atoms with Gasteiger partial charge in [-0.25, -0.2) is 0 Å². The predicted molar refractivity (Wildman–Crippen MR) is 95.7 cm³/mol. The smallest absolute Gasteiger partial charge is 0.309 e. The van der Waals surface area contributed by atoms with E-state index in [1.807, 2.05) is 6.92 Å². The minimum atomic E-state index is -0.908. The molecule has 2 atom stereocenters. The number of hydrogen-bond donors (Lipinski definition) is 0. The number of rotatable bonds is 6. The van der Waals surface area contributed by atoms with E-state index in [1.165, 1.54) is 20.1 Å². The Bertz CT molecular complexity index is 372. The first-order valence-corrected chi connectivity index (χ1v) is 11.7. The number of carbonyl (C=O) groups excluding carboxylic acids is 1. The topological polar surface area (TPSA) is 32.8 Å². The lowest BCUT2D eigenvalue weighted by Gasteiger charge is -2.54. The predicted octanol–water partition coefficient (Wildman–Crippen LogP) is 2.59. The summed E-state index contributed by atoms with van der Waals surface area (Å²) < 4.78 is 4.91. The Balaban J connectivity index is 2.96. The van der Waals surface area contributed by atoms with E-state index in [-0.39, 0.29) is 17.4 Å². The molecule has 1 fully saturated rings. The average molecular weight is 329 g/mol. The van der Waals surface area contributed by atoms with E-state index >= 15 is 0 Å². The molecule has 0 aromatic carbocycles. The summed E-state index contributed by atoms with van der Waals surface area (Å²) in [6.07, 6.45) is 1.18. The molecule has 0 amide bonds. The van der Waals surface area contributed by atoms with Gasteiger partial charge in [-0.15, -0.1) is 0 Å². The van der Waals surface area contributed by atoms with Crippen molar-refractivity contribution in [2.45, 2.75) is 65.5 Å². The average Bonchev–Trinajstić information content (AvgIpc) is 2.45. The molecule has 0 aliphatic carbocycles. The van der Waals surface area contributed by atoms with Gasteiger partial charge >= 0.3 is 5.97 Å². The van der Waals surface area contributed by atoms with E-state index in [4.69, 9.17) is 4.74 Å². The van der Waals surface area contributed by atoms with Crippen LogP contribution in [0.2, 0.25) is 13.1 Å². The second-order valence-electron chi connectivity index (χ2n) is 7.93. The first-order valence-electron chi connectivity index (χ1n) is 8.71. The molecule has 0 saturated carbocycles. The maximum atomic E-state index is 11.8. The van der Waals surface area contributed by atoms with Crippen molar-refractivity contribution < 1.29 is 9.53 Å². The third kappa shape index (κ3) is 4.33. The highest BCUT2D eigenvalue weighted by atomic mass is 28.3. The molecule has 2 unspecified atom stereocenters. The van der Waals surface area contributed by atoms with Crippen LogP contribution < -0.4 is 0 Å². The zero-order chi connectivity index (χ0) is 17.1. The monoisotopic (exact) mass is 328 g/mol. The molecule has 1 rings (SSSR count). The Labute approximate surface area is 138 Å². The van der Waals surface area contributed by atoms with Crippen LogP contribution in [-0.4, -0.2) is 62.6 Å². The first kappa shape index (κ1) is 19.7. The molecule has 0 bridgehead atoms. The molecule has 5 heteroatoms. The molecule has 0 spiro atoms. The zero-order valence-corrected chi connectivity index (χ0v) is 17.0. The zero-order valence-electron chi connectivity index (χ0n) is 15.8. The number of hydrogen-bond acceptors (Lipinski definition) is 4. The van der Waals surface area contributed by atoms with E-state index in [2.05, 4.69) is 50.6 Å². The van der Waals surface area contributed by atoms with Gasteiger partial charge in [0.25, 0.3) is 0 Å². The van der Waals surface area contributed by atoms with Crippen LogP contribution >= 0.6 is 0 Å². The molecule has 0 aromatic rings. The maximum absolute atomic E-state index is 11.8. The lowest BCUT2D eigenvalue weighted by Crippen LogP contribution is -2.66. The van der Waals surface area contributed by atoms with Crippen molar-refractivity contribution in [3.63, 3.8) is 0 Å². The van der Waals surface area contributed by atoms with Crippen LogP contribution in [0.25, 0.3) is 0 Å². The van der Waals surface area contributed by atoms with Gasteiger partial charge in [0.15, 0.2) is 0 Å².